The van der Waals surface area contributed by atoms with Crippen LogP contribution in [0.25, 0.3) is 0 Å². The third-order valence-corrected chi connectivity index (χ3v) is 5.70. The topological polar surface area (TPSA) is 83.6 Å². The summed E-state index contributed by atoms with van der Waals surface area (Å²) in [4.78, 5) is -0.0218. The molecule has 0 radical (unpaired) electrons. The highest BCUT2D eigenvalue weighted by atomic mass is 35.5. The van der Waals surface area contributed by atoms with Gasteiger partial charge in [-0.15, -0.1) is 0 Å². The van der Waals surface area contributed by atoms with Gasteiger partial charge in [-0.2, -0.15) is 4.31 Å². The number of nitrogens with two attached hydrogens (primary N) is 1. The molecule has 21 heavy (non-hydrogen) atoms. The Balaban J connectivity index is 3.27. The van der Waals surface area contributed by atoms with Gasteiger partial charge in [0.05, 0.1) is 23.7 Å². The maximum absolute atomic E-state index is 12.6. The highest BCUT2D eigenvalue weighted by molar-refractivity contribution is 7.89. The first-order valence-corrected chi connectivity index (χ1v) is 8.07. The lowest BCUT2D eigenvalue weighted by atomic mass is 10.1. The molecule has 0 aliphatic carbocycles. The van der Waals surface area contributed by atoms with E-state index >= 15 is 0 Å². The van der Waals surface area contributed by atoms with Crippen LogP contribution in [0.5, 0.6) is 0 Å². The molecule has 0 aliphatic rings. The highest BCUT2D eigenvalue weighted by Crippen LogP contribution is 2.28. The van der Waals surface area contributed by atoms with E-state index in [0.717, 1.165) is 4.31 Å². The van der Waals surface area contributed by atoms with Crippen LogP contribution in [0.1, 0.15) is 19.4 Å². The Labute approximate surface area is 130 Å². The molecule has 3 N–H and O–H groups in total. The van der Waals surface area contributed by atoms with Gasteiger partial charge >= 0.3 is 0 Å². The number of aliphatic hydroxyl groups is 1. The number of benzene rings is 1. The van der Waals surface area contributed by atoms with Gasteiger partial charge in [0.25, 0.3) is 0 Å². The summed E-state index contributed by atoms with van der Waals surface area (Å²) in [5.74, 6) is 5.46. The number of nitrogens with zero attached hydrogens (tertiary/aromatic N) is 1. The fraction of sp³-hybridized carbons (Fsp3) is 0.429. The summed E-state index contributed by atoms with van der Waals surface area (Å²) in [6, 6.07) is 4.46. The quantitative estimate of drug-likeness (QED) is 0.808. The fourth-order valence-electron chi connectivity index (χ4n) is 1.51. The lowest BCUT2D eigenvalue weighted by molar-refractivity contribution is 0.138. The van der Waals surface area contributed by atoms with Crippen molar-refractivity contribution in [2.45, 2.75) is 24.3 Å². The smallest absolute Gasteiger partial charge is 0.244 e. The second kappa shape index (κ2) is 6.77. The predicted octanol–water partition coefficient (Wildman–Crippen LogP) is 1.04. The summed E-state index contributed by atoms with van der Waals surface area (Å²) in [7, 11) is -2.40. The highest BCUT2D eigenvalue weighted by Gasteiger charge is 2.34. The predicted molar refractivity (Wildman–Crippen MR) is 83.5 cm³/mol. The molecule has 0 atom stereocenters. The molecule has 0 saturated carbocycles. The minimum atomic E-state index is -3.81. The minimum Gasteiger partial charge on any atom is -0.394 e. The van der Waals surface area contributed by atoms with Crippen molar-refractivity contribution in [2.75, 3.05) is 20.2 Å². The molecule has 0 aromatic heterocycles. The first-order valence-electron chi connectivity index (χ1n) is 6.25. The maximum atomic E-state index is 12.6. The van der Waals surface area contributed by atoms with Crippen molar-refractivity contribution < 1.29 is 13.5 Å². The second-order valence-electron chi connectivity index (χ2n) is 5.09. The zero-order valence-corrected chi connectivity index (χ0v) is 13.8. The number of rotatable bonds is 4. The van der Waals surface area contributed by atoms with Gasteiger partial charge in [-0.1, -0.05) is 23.4 Å². The minimum absolute atomic E-state index is 0.0218. The third-order valence-electron chi connectivity index (χ3n) is 3.14. The molecule has 1 aromatic rings. The molecular formula is C14H19ClN2O3S. The van der Waals surface area contributed by atoms with E-state index < -0.39 is 15.6 Å². The lowest BCUT2D eigenvalue weighted by Gasteiger charge is -2.33. The zero-order chi connectivity index (χ0) is 16.3. The first-order chi connectivity index (χ1) is 9.66. The Morgan fingerprint density at radius 1 is 1.43 bits per heavy atom. The van der Waals surface area contributed by atoms with Crippen molar-refractivity contribution in [1.82, 2.24) is 4.31 Å². The van der Waals surface area contributed by atoms with Crippen LogP contribution in [0, 0.1) is 11.8 Å². The van der Waals surface area contributed by atoms with Crippen molar-refractivity contribution in [1.29, 1.82) is 0 Å². The first kappa shape index (κ1) is 18.0. The van der Waals surface area contributed by atoms with Crippen LogP contribution in [0.4, 0.5) is 0 Å². The fourth-order valence-corrected chi connectivity index (χ4v) is 3.54. The van der Waals surface area contributed by atoms with Crippen molar-refractivity contribution in [2.24, 2.45) is 5.73 Å². The number of hydrogen-bond acceptors (Lipinski definition) is 4. The molecule has 0 bridgehead atoms. The van der Waals surface area contributed by atoms with Gasteiger partial charge in [0, 0.05) is 12.6 Å². The Morgan fingerprint density at radius 2 is 2.05 bits per heavy atom. The Hall–Kier alpha value is -1.10. The summed E-state index contributed by atoms with van der Waals surface area (Å²) in [5.41, 5.74) is 4.94. The molecule has 1 rings (SSSR count). The maximum Gasteiger partial charge on any atom is 0.244 e. The summed E-state index contributed by atoms with van der Waals surface area (Å²) in [5, 5.41) is 9.40. The Morgan fingerprint density at radius 3 is 2.52 bits per heavy atom. The summed E-state index contributed by atoms with van der Waals surface area (Å²) < 4.78 is 26.2. The van der Waals surface area contributed by atoms with Gasteiger partial charge in [-0.25, -0.2) is 8.42 Å². The van der Waals surface area contributed by atoms with Crippen LogP contribution in [-0.2, 0) is 10.0 Å². The van der Waals surface area contributed by atoms with Gasteiger partial charge in [0.1, 0.15) is 4.90 Å². The molecule has 0 heterocycles. The lowest BCUT2D eigenvalue weighted by Crippen LogP contribution is -2.47. The number of hydrogen-bond donors (Lipinski definition) is 2. The molecule has 0 fully saturated rings. The van der Waals surface area contributed by atoms with E-state index in [1.807, 2.05) is 0 Å². The molecule has 5 nitrogen and oxygen atoms in total. The normalized spacial score (nSPS) is 12.1. The van der Waals surface area contributed by atoms with Crippen LogP contribution < -0.4 is 5.73 Å². The summed E-state index contributed by atoms with van der Waals surface area (Å²) in [6.45, 7) is 3.16. The molecule has 0 spiro atoms. The standard InChI is InChI=1S/C14H19ClN2O3S/c1-14(2,10-18)17(3)21(19,20)13-7-6-11(5-4-8-16)9-12(13)15/h6-7,9,18H,8,10,16H2,1-3H3. The Bertz CT molecular complexity index is 675. The van der Waals surface area contributed by atoms with Gasteiger partial charge in [-0.05, 0) is 32.0 Å². The molecule has 0 unspecified atom stereocenters. The van der Waals surface area contributed by atoms with E-state index in [0.29, 0.717) is 5.56 Å². The monoisotopic (exact) mass is 330 g/mol. The molecule has 7 heteroatoms. The van der Waals surface area contributed by atoms with Crippen LogP contribution >= 0.6 is 11.6 Å². The second-order valence-corrected chi connectivity index (χ2v) is 7.44. The number of likely N-dealkylation sites (N-methyl/N-ethyl adjacent to an activating group) is 1. The SMILES string of the molecule is CN(C(C)(C)CO)S(=O)(=O)c1ccc(C#CCN)cc1Cl. The van der Waals surface area contributed by atoms with Gasteiger partial charge in [-0.3, -0.25) is 0 Å². The third kappa shape index (κ3) is 3.96. The molecule has 116 valence electrons. The van der Waals surface area contributed by atoms with Gasteiger partial charge in [0.2, 0.25) is 10.0 Å². The molecule has 0 amide bonds. The van der Waals surface area contributed by atoms with Crippen molar-refractivity contribution in [3.05, 3.63) is 28.8 Å². The van der Waals surface area contributed by atoms with Crippen LogP contribution in [0.3, 0.4) is 0 Å². The largest absolute Gasteiger partial charge is 0.394 e. The molecule has 1 aromatic carbocycles. The van der Waals surface area contributed by atoms with Crippen molar-refractivity contribution >= 4 is 21.6 Å². The zero-order valence-electron chi connectivity index (χ0n) is 12.2. The van der Waals surface area contributed by atoms with Crippen LogP contribution in [-0.4, -0.2) is 43.6 Å². The number of aliphatic hydroxyl groups excluding tert-OH is 1. The summed E-state index contributed by atoms with van der Waals surface area (Å²) in [6.07, 6.45) is 0. The van der Waals surface area contributed by atoms with Crippen molar-refractivity contribution in [3.8, 4) is 11.8 Å². The van der Waals surface area contributed by atoms with E-state index in [2.05, 4.69) is 11.8 Å². The molecule has 0 saturated heterocycles. The van der Waals surface area contributed by atoms with Crippen molar-refractivity contribution in [3.63, 3.8) is 0 Å². The van der Waals surface area contributed by atoms with E-state index in [1.54, 1.807) is 19.9 Å². The Kier molecular flexibility index (Phi) is 5.79. The van der Waals surface area contributed by atoms with Gasteiger partial charge < -0.3 is 10.8 Å². The van der Waals surface area contributed by atoms with Crippen LogP contribution in [0.15, 0.2) is 23.1 Å². The molecule has 0 aliphatic heterocycles. The molecular weight excluding hydrogens is 312 g/mol. The van der Waals surface area contributed by atoms with E-state index in [4.69, 9.17) is 17.3 Å². The summed E-state index contributed by atoms with van der Waals surface area (Å²) >= 11 is 6.06. The van der Waals surface area contributed by atoms with E-state index in [9.17, 15) is 13.5 Å². The van der Waals surface area contributed by atoms with E-state index in [-0.39, 0.29) is 23.1 Å². The number of sulfonamides is 1. The van der Waals surface area contributed by atoms with E-state index in [1.165, 1.54) is 19.2 Å². The van der Waals surface area contributed by atoms with Crippen LogP contribution in [0.2, 0.25) is 5.02 Å². The average molecular weight is 331 g/mol. The van der Waals surface area contributed by atoms with Gasteiger partial charge in [0.15, 0.2) is 0 Å². The number of halogens is 1. The average Bonchev–Trinajstić information content (AvgIpc) is 2.43.